The monoisotopic (exact) mass is 264 g/mol. The van der Waals surface area contributed by atoms with E-state index in [1.54, 1.807) is 0 Å². The van der Waals surface area contributed by atoms with Gasteiger partial charge in [0.05, 0.1) is 5.60 Å². The highest BCUT2D eigenvalue weighted by Gasteiger charge is 2.55. The Kier molecular flexibility index (Phi) is 3.02. The minimum absolute atomic E-state index is 0.0871. The minimum Gasteiger partial charge on any atom is -0.385 e. The molecule has 1 aliphatic carbocycles. The Hall–Kier alpha value is -1.86. The number of aliphatic hydroxyl groups is 1. The fourth-order valence-corrected chi connectivity index (χ4v) is 3.34. The Morgan fingerprint density at radius 3 is 1.65 bits per heavy atom. The lowest BCUT2D eigenvalue weighted by molar-refractivity contribution is -0.0448. The Morgan fingerprint density at radius 2 is 1.30 bits per heavy atom. The lowest BCUT2D eigenvalue weighted by Crippen LogP contribution is -2.55. The SMILES string of the molecule is C=C(C)C1(O)CC(c2ccccc2)(c2ccccc2)C1. The van der Waals surface area contributed by atoms with Crippen LogP contribution >= 0.6 is 0 Å². The van der Waals surface area contributed by atoms with Crippen LogP contribution in [-0.2, 0) is 5.41 Å². The van der Waals surface area contributed by atoms with Crippen LogP contribution < -0.4 is 0 Å². The molecule has 1 N–H and O–H groups in total. The molecule has 0 atom stereocenters. The molecular formula is C19H20O. The number of benzene rings is 2. The first-order valence-electron chi connectivity index (χ1n) is 7.06. The Morgan fingerprint density at radius 1 is 0.900 bits per heavy atom. The fourth-order valence-electron chi connectivity index (χ4n) is 3.34. The third kappa shape index (κ3) is 1.90. The lowest BCUT2D eigenvalue weighted by Gasteiger charge is -2.54. The molecule has 1 nitrogen and oxygen atoms in total. The van der Waals surface area contributed by atoms with Crippen molar-refractivity contribution in [3.8, 4) is 0 Å². The van der Waals surface area contributed by atoms with Gasteiger partial charge in [-0.05, 0) is 36.5 Å². The highest BCUT2D eigenvalue weighted by molar-refractivity contribution is 5.46. The van der Waals surface area contributed by atoms with Crippen molar-refractivity contribution in [2.24, 2.45) is 0 Å². The second-order valence-corrected chi connectivity index (χ2v) is 5.98. The van der Waals surface area contributed by atoms with Gasteiger partial charge in [-0.15, -0.1) is 0 Å². The molecule has 0 amide bonds. The van der Waals surface area contributed by atoms with E-state index in [1.165, 1.54) is 11.1 Å². The summed E-state index contributed by atoms with van der Waals surface area (Å²) in [5.74, 6) is 0. The zero-order valence-electron chi connectivity index (χ0n) is 11.8. The summed E-state index contributed by atoms with van der Waals surface area (Å²) in [6, 6.07) is 21.0. The average molecular weight is 264 g/mol. The van der Waals surface area contributed by atoms with Crippen LogP contribution in [0, 0.1) is 0 Å². The van der Waals surface area contributed by atoms with Crippen molar-refractivity contribution in [3.05, 3.63) is 83.9 Å². The second kappa shape index (κ2) is 4.60. The molecule has 102 valence electrons. The minimum atomic E-state index is -0.730. The lowest BCUT2D eigenvalue weighted by atomic mass is 9.52. The molecule has 1 fully saturated rings. The molecular weight excluding hydrogens is 244 g/mol. The van der Waals surface area contributed by atoms with Gasteiger partial charge in [0.1, 0.15) is 0 Å². The summed E-state index contributed by atoms with van der Waals surface area (Å²) in [5, 5.41) is 10.6. The van der Waals surface area contributed by atoms with Crippen molar-refractivity contribution in [2.45, 2.75) is 30.8 Å². The molecule has 1 saturated carbocycles. The van der Waals surface area contributed by atoms with E-state index in [9.17, 15) is 5.11 Å². The van der Waals surface area contributed by atoms with E-state index in [0.717, 1.165) is 5.57 Å². The van der Waals surface area contributed by atoms with Gasteiger partial charge in [-0.1, -0.05) is 67.2 Å². The molecule has 0 spiro atoms. The summed E-state index contributed by atoms with van der Waals surface area (Å²) in [6.45, 7) is 5.87. The molecule has 1 aliphatic rings. The summed E-state index contributed by atoms with van der Waals surface area (Å²) < 4.78 is 0. The van der Waals surface area contributed by atoms with Gasteiger partial charge in [0.25, 0.3) is 0 Å². The van der Waals surface area contributed by atoms with E-state index >= 15 is 0 Å². The van der Waals surface area contributed by atoms with Gasteiger partial charge in [0.2, 0.25) is 0 Å². The molecule has 0 aliphatic heterocycles. The largest absolute Gasteiger partial charge is 0.385 e. The molecule has 2 aromatic rings. The van der Waals surface area contributed by atoms with E-state index in [4.69, 9.17) is 0 Å². The van der Waals surface area contributed by atoms with E-state index in [-0.39, 0.29) is 5.41 Å². The molecule has 20 heavy (non-hydrogen) atoms. The predicted molar refractivity (Wildman–Crippen MR) is 82.7 cm³/mol. The average Bonchev–Trinajstić information content (AvgIpc) is 2.45. The molecule has 0 saturated heterocycles. The molecule has 1 heteroatoms. The Balaban J connectivity index is 2.06. The van der Waals surface area contributed by atoms with Crippen LogP contribution in [0.4, 0.5) is 0 Å². The zero-order chi connectivity index (χ0) is 14.2. The standard InChI is InChI=1S/C19H20O/c1-15(2)19(20)13-18(14-19,16-9-5-3-6-10-16)17-11-7-4-8-12-17/h3-12,20H,1,13-14H2,2H3. The number of rotatable bonds is 3. The van der Waals surface area contributed by atoms with E-state index in [0.29, 0.717) is 12.8 Å². The molecule has 3 rings (SSSR count). The normalized spacial score (nSPS) is 19.1. The quantitative estimate of drug-likeness (QED) is 0.828. The molecule has 2 aromatic carbocycles. The van der Waals surface area contributed by atoms with Crippen LogP contribution in [0.15, 0.2) is 72.8 Å². The van der Waals surface area contributed by atoms with Crippen LogP contribution in [0.2, 0.25) is 0 Å². The van der Waals surface area contributed by atoms with Crippen molar-refractivity contribution in [1.82, 2.24) is 0 Å². The molecule has 0 heterocycles. The maximum absolute atomic E-state index is 10.6. The maximum atomic E-state index is 10.6. The maximum Gasteiger partial charge on any atom is 0.0875 e. The third-order valence-corrected chi connectivity index (χ3v) is 4.64. The van der Waals surface area contributed by atoms with E-state index in [2.05, 4.69) is 55.1 Å². The van der Waals surface area contributed by atoms with Crippen molar-refractivity contribution < 1.29 is 5.11 Å². The fraction of sp³-hybridized carbons (Fsp3) is 0.263. The van der Waals surface area contributed by atoms with Crippen LogP contribution in [0.5, 0.6) is 0 Å². The first-order valence-corrected chi connectivity index (χ1v) is 7.06. The van der Waals surface area contributed by atoms with Gasteiger partial charge in [0.15, 0.2) is 0 Å². The van der Waals surface area contributed by atoms with Crippen molar-refractivity contribution >= 4 is 0 Å². The Labute approximate surface area is 120 Å². The van der Waals surface area contributed by atoms with Gasteiger partial charge < -0.3 is 5.11 Å². The summed E-state index contributed by atoms with van der Waals surface area (Å²) in [7, 11) is 0. The van der Waals surface area contributed by atoms with Gasteiger partial charge >= 0.3 is 0 Å². The third-order valence-electron chi connectivity index (χ3n) is 4.64. The van der Waals surface area contributed by atoms with E-state index in [1.807, 2.05) is 19.1 Å². The van der Waals surface area contributed by atoms with Crippen molar-refractivity contribution in [1.29, 1.82) is 0 Å². The first-order chi connectivity index (χ1) is 9.57. The summed E-state index contributed by atoms with van der Waals surface area (Å²) >= 11 is 0. The smallest absolute Gasteiger partial charge is 0.0875 e. The van der Waals surface area contributed by atoms with Crippen LogP contribution in [-0.4, -0.2) is 10.7 Å². The van der Waals surface area contributed by atoms with Gasteiger partial charge in [0, 0.05) is 5.41 Å². The Bertz CT molecular complexity index is 565. The van der Waals surface area contributed by atoms with E-state index < -0.39 is 5.60 Å². The van der Waals surface area contributed by atoms with Gasteiger partial charge in [-0.25, -0.2) is 0 Å². The van der Waals surface area contributed by atoms with Crippen molar-refractivity contribution in [3.63, 3.8) is 0 Å². The van der Waals surface area contributed by atoms with Crippen LogP contribution in [0.1, 0.15) is 30.9 Å². The van der Waals surface area contributed by atoms with Gasteiger partial charge in [-0.3, -0.25) is 0 Å². The highest BCUT2D eigenvalue weighted by Crippen LogP contribution is 2.56. The second-order valence-electron chi connectivity index (χ2n) is 5.98. The number of hydrogen-bond acceptors (Lipinski definition) is 1. The molecule has 0 radical (unpaired) electrons. The summed E-state index contributed by atoms with van der Waals surface area (Å²) in [4.78, 5) is 0. The van der Waals surface area contributed by atoms with Gasteiger partial charge in [-0.2, -0.15) is 0 Å². The summed E-state index contributed by atoms with van der Waals surface area (Å²) in [5.41, 5.74) is 2.59. The summed E-state index contributed by atoms with van der Waals surface area (Å²) in [6.07, 6.45) is 1.42. The molecule has 0 bridgehead atoms. The van der Waals surface area contributed by atoms with Crippen LogP contribution in [0.25, 0.3) is 0 Å². The first kappa shape index (κ1) is 13.1. The van der Waals surface area contributed by atoms with Crippen LogP contribution in [0.3, 0.4) is 0 Å². The molecule has 0 aromatic heterocycles. The zero-order valence-corrected chi connectivity index (χ0v) is 11.8. The predicted octanol–water partition coefficient (Wildman–Crippen LogP) is 4.07. The number of hydrogen-bond donors (Lipinski definition) is 1. The molecule has 0 unspecified atom stereocenters. The topological polar surface area (TPSA) is 20.2 Å². The van der Waals surface area contributed by atoms with Crippen molar-refractivity contribution in [2.75, 3.05) is 0 Å². The highest BCUT2D eigenvalue weighted by atomic mass is 16.3.